The first-order chi connectivity index (χ1) is 14.2. The minimum absolute atomic E-state index is 0.698. The molecule has 0 saturated carbocycles. The molecule has 148 valence electrons. The van der Waals surface area contributed by atoms with Gasteiger partial charge in [0.25, 0.3) is 0 Å². The first-order valence-electron chi connectivity index (χ1n) is 9.54. The van der Waals surface area contributed by atoms with E-state index >= 15 is 0 Å². The van der Waals surface area contributed by atoms with Crippen LogP contribution in [0.3, 0.4) is 0 Å². The van der Waals surface area contributed by atoms with Crippen LogP contribution in [0.25, 0.3) is 27.5 Å². The molecule has 0 bridgehead atoms. The maximum absolute atomic E-state index is 11.1. The Morgan fingerprint density at radius 1 is 1.21 bits per heavy atom. The summed E-state index contributed by atoms with van der Waals surface area (Å²) in [6.45, 7) is 2.91. The van der Waals surface area contributed by atoms with E-state index in [-0.39, 0.29) is 0 Å². The van der Waals surface area contributed by atoms with E-state index in [2.05, 4.69) is 33.6 Å². The van der Waals surface area contributed by atoms with Gasteiger partial charge in [-0.15, -0.1) is 0 Å². The van der Waals surface area contributed by atoms with Crippen LogP contribution >= 0.6 is 0 Å². The number of nitrogens with two attached hydrogens (primary N) is 1. The Labute approximate surface area is 170 Å². The lowest BCUT2D eigenvalue weighted by Gasteiger charge is -2.17. The molecule has 0 radical (unpaired) electrons. The molecule has 6 nitrogen and oxygen atoms in total. The number of fused-ring (bicyclic) bond motifs is 1. The molecule has 0 spiro atoms. The summed E-state index contributed by atoms with van der Waals surface area (Å²) in [5, 5.41) is 8.31. The van der Waals surface area contributed by atoms with E-state index in [0.717, 1.165) is 57.5 Å². The molecule has 2 aromatic carbocycles. The average molecular weight is 387 g/mol. The van der Waals surface area contributed by atoms with Crippen LogP contribution in [0.1, 0.15) is 19.0 Å². The van der Waals surface area contributed by atoms with Crippen LogP contribution in [-0.2, 0) is 4.79 Å². The number of aliphatic imine (C=N–C) groups is 1. The molecule has 1 aromatic heterocycles. The average Bonchev–Trinajstić information content (AvgIpc) is 2.76. The Hall–Kier alpha value is -3.67. The molecular formula is C23H25N5O. The molecule has 29 heavy (non-hydrogen) atoms. The van der Waals surface area contributed by atoms with Crippen molar-refractivity contribution in [2.75, 3.05) is 24.2 Å². The second-order valence-electron chi connectivity index (χ2n) is 6.52. The summed E-state index contributed by atoms with van der Waals surface area (Å²) >= 11 is 0. The van der Waals surface area contributed by atoms with Crippen molar-refractivity contribution >= 4 is 40.3 Å². The molecule has 4 N–H and O–H groups in total. The summed E-state index contributed by atoms with van der Waals surface area (Å²) in [5.41, 5.74) is 11.0. The van der Waals surface area contributed by atoms with Gasteiger partial charge in [0, 0.05) is 48.7 Å². The van der Waals surface area contributed by atoms with Crippen LogP contribution < -0.4 is 16.4 Å². The number of anilines is 2. The number of carbonyl (C=O) groups is 1. The van der Waals surface area contributed by atoms with Crippen molar-refractivity contribution in [2.24, 2.45) is 10.7 Å². The predicted octanol–water partition coefficient (Wildman–Crippen LogP) is 4.29. The maximum Gasteiger partial charge on any atom is 0.211 e. The Morgan fingerprint density at radius 2 is 2.00 bits per heavy atom. The summed E-state index contributed by atoms with van der Waals surface area (Å²) in [6, 6.07) is 14.0. The third-order valence-corrected chi connectivity index (χ3v) is 4.63. The van der Waals surface area contributed by atoms with Gasteiger partial charge in [-0.1, -0.05) is 37.3 Å². The van der Waals surface area contributed by atoms with Crippen LogP contribution in [0, 0.1) is 0 Å². The SMILES string of the molecule is CCCNc1c(NC=O)cccc1-c1cccc2cc(C(C=NC)=CN)ncc12. The van der Waals surface area contributed by atoms with Crippen LogP contribution in [0.4, 0.5) is 11.4 Å². The molecule has 6 heteroatoms. The smallest absolute Gasteiger partial charge is 0.211 e. The largest absolute Gasteiger partial charge is 0.404 e. The Balaban J connectivity index is 2.18. The lowest BCUT2D eigenvalue weighted by atomic mass is 9.96. The van der Waals surface area contributed by atoms with Crippen molar-refractivity contribution in [1.82, 2.24) is 4.98 Å². The lowest BCUT2D eigenvalue weighted by Crippen LogP contribution is -2.06. The van der Waals surface area contributed by atoms with Crippen molar-refractivity contribution in [3.8, 4) is 11.1 Å². The van der Waals surface area contributed by atoms with Gasteiger partial charge in [0.15, 0.2) is 0 Å². The fraction of sp³-hybridized carbons (Fsp3) is 0.174. The summed E-state index contributed by atoms with van der Waals surface area (Å²) in [5.74, 6) is 0. The molecule has 0 aliphatic rings. The van der Waals surface area contributed by atoms with Gasteiger partial charge in [-0.2, -0.15) is 0 Å². The Morgan fingerprint density at radius 3 is 2.72 bits per heavy atom. The molecule has 0 aliphatic carbocycles. The number of nitrogens with one attached hydrogen (secondary N) is 2. The van der Waals surface area contributed by atoms with Crippen molar-refractivity contribution in [3.63, 3.8) is 0 Å². The number of rotatable bonds is 8. The van der Waals surface area contributed by atoms with Crippen LogP contribution in [-0.4, -0.2) is 31.2 Å². The molecule has 0 saturated heterocycles. The Bertz CT molecular complexity index is 1070. The number of aromatic nitrogens is 1. The van der Waals surface area contributed by atoms with Gasteiger partial charge in [-0.05, 0) is 29.5 Å². The first-order valence-corrected chi connectivity index (χ1v) is 9.54. The molecule has 1 heterocycles. The number of nitrogens with zero attached hydrogens (tertiary/aromatic N) is 2. The van der Waals surface area contributed by atoms with E-state index in [9.17, 15) is 4.79 Å². The highest BCUT2D eigenvalue weighted by Crippen LogP contribution is 2.38. The zero-order chi connectivity index (χ0) is 20.6. The van der Waals surface area contributed by atoms with Crippen molar-refractivity contribution in [1.29, 1.82) is 0 Å². The van der Waals surface area contributed by atoms with E-state index in [4.69, 9.17) is 5.73 Å². The molecule has 0 atom stereocenters. The zero-order valence-corrected chi connectivity index (χ0v) is 16.6. The third kappa shape index (κ3) is 4.27. The zero-order valence-electron chi connectivity index (χ0n) is 16.6. The number of carbonyl (C=O) groups excluding carboxylic acids is 1. The summed E-state index contributed by atoms with van der Waals surface area (Å²) in [4.78, 5) is 19.7. The number of amides is 1. The molecule has 3 aromatic rings. The van der Waals surface area contributed by atoms with Crippen molar-refractivity contribution in [2.45, 2.75) is 13.3 Å². The quantitative estimate of drug-likeness (QED) is 0.397. The highest BCUT2D eigenvalue weighted by molar-refractivity contribution is 6.10. The van der Waals surface area contributed by atoms with E-state index in [1.807, 2.05) is 42.6 Å². The molecular weight excluding hydrogens is 362 g/mol. The Kier molecular flexibility index (Phi) is 6.58. The van der Waals surface area contributed by atoms with Gasteiger partial charge in [0.1, 0.15) is 0 Å². The fourth-order valence-electron chi connectivity index (χ4n) is 3.30. The van der Waals surface area contributed by atoms with Crippen molar-refractivity contribution < 1.29 is 4.79 Å². The van der Waals surface area contributed by atoms with Crippen molar-refractivity contribution in [3.05, 3.63) is 60.6 Å². The second kappa shape index (κ2) is 9.50. The normalized spacial score (nSPS) is 11.7. The van der Waals surface area contributed by atoms with Gasteiger partial charge in [0.05, 0.1) is 17.1 Å². The van der Waals surface area contributed by atoms with Crippen LogP contribution in [0.15, 0.2) is 59.9 Å². The topological polar surface area (TPSA) is 92.4 Å². The number of benzene rings is 2. The first kappa shape index (κ1) is 20.1. The minimum atomic E-state index is 0.698. The molecule has 0 unspecified atom stereocenters. The molecule has 0 aliphatic heterocycles. The highest BCUT2D eigenvalue weighted by Gasteiger charge is 2.13. The van der Waals surface area contributed by atoms with Crippen LogP contribution in [0.2, 0.25) is 0 Å². The molecule has 0 fully saturated rings. The van der Waals surface area contributed by atoms with Gasteiger partial charge in [-0.25, -0.2) is 0 Å². The minimum Gasteiger partial charge on any atom is -0.404 e. The predicted molar refractivity (Wildman–Crippen MR) is 122 cm³/mol. The van der Waals surface area contributed by atoms with E-state index in [0.29, 0.717) is 6.41 Å². The summed E-state index contributed by atoms with van der Waals surface area (Å²) < 4.78 is 0. The number of pyridine rings is 1. The van der Waals surface area contributed by atoms with E-state index < -0.39 is 0 Å². The monoisotopic (exact) mass is 387 g/mol. The fourth-order valence-corrected chi connectivity index (χ4v) is 3.30. The number of para-hydroxylation sites is 1. The van der Waals surface area contributed by atoms with Gasteiger partial charge in [-0.3, -0.25) is 14.8 Å². The van der Waals surface area contributed by atoms with Crippen LogP contribution in [0.5, 0.6) is 0 Å². The highest BCUT2D eigenvalue weighted by atomic mass is 16.1. The summed E-state index contributed by atoms with van der Waals surface area (Å²) in [7, 11) is 1.70. The van der Waals surface area contributed by atoms with E-state index in [1.165, 1.54) is 6.20 Å². The van der Waals surface area contributed by atoms with Gasteiger partial charge >= 0.3 is 0 Å². The van der Waals surface area contributed by atoms with Gasteiger partial charge < -0.3 is 16.4 Å². The second-order valence-corrected chi connectivity index (χ2v) is 6.52. The third-order valence-electron chi connectivity index (χ3n) is 4.63. The standard InChI is InChI=1S/C23H25N5O/c1-3-10-26-23-19(8-5-9-21(23)28-15-29)18-7-4-6-16-11-22(27-14-20(16)18)17(12-24)13-25-2/h4-9,11-15,26H,3,10,24H2,1-2H3,(H,28,29). The molecule has 1 amide bonds. The van der Waals surface area contributed by atoms with Gasteiger partial charge in [0.2, 0.25) is 6.41 Å². The lowest BCUT2D eigenvalue weighted by molar-refractivity contribution is -0.105. The maximum atomic E-state index is 11.1. The molecule has 3 rings (SSSR count). The number of hydrogen-bond donors (Lipinski definition) is 3. The number of hydrogen-bond acceptors (Lipinski definition) is 5. The van der Waals surface area contributed by atoms with E-state index in [1.54, 1.807) is 13.3 Å². The summed E-state index contributed by atoms with van der Waals surface area (Å²) in [6.07, 6.45) is 6.73. The number of allylic oxidation sites excluding steroid dienone is 1.